The van der Waals surface area contributed by atoms with Crippen LogP contribution in [0.2, 0.25) is 10.0 Å². The molecule has 3 aromatic rings. The Bertz CT molecular complexity index is 929. The average Bonchev–Trinajstić information content (AvgIpc) is 3.19. The van der Waals surface area contributed by atoms with Crippen molar-refractivity contribution in [2.45, 2.75) is 0 Å². The molecular weight excluding hydrogens is 383 g/mol. The van der Waals surface area contributed by atoms with Crippen molar-refractivity contribution in [1.29, 1.82) is 0 Å². The Morgan fingerprint density at radius 2 is 1.48 bits per heavy atom. The van der Waals surface area contributed by atoms with E-state index in [0.717, 1.165) is 35.1 Å². The molecule has 1 N–H and O–H groups in total. The predicted molar refractivity (Wildman–Crippen MR) is 109 cm³/mol. The molecular formula is C20H18Cl2N4O. The van der Waals surface area contributed by atoms with Crippen molar-refractivity contribution in [2.24, 2.45) is 0 Å². The Kier molecular flexibility index (Phi) is 5.05. The summed E-state index contributed by atoms with van der Waals surface area (Å²) < 4.78 is 0. The molecule has 1 fully saturated rings. The van der Waals surface area contributed by atoms with Crippen LogP contribution >= 0.6 is 23.2 Å². The lowest BCUT2D eigenvalue weighted by molar-refractivity contribution is 0.0741. The van der Waals surface area contributed by atoms with E-state index in [4.69, 9.17) is 23.2 Å². The van der Waals surface area contributed by atoms with E-state index in [1.807, 2.05) is 53.4 Å². The smallest absolute Gasteiger partial charge is 0.272 e. The van der Waals surface area contributed by atoms with E-state index in [-0.39, 0.29) is 5.91 Å². The number of halogens is 2. The monoisotopic (exact) mass is 400 g/mol. The van der Waals surface area contributed by atoms with Gasteiger partial charge in [0.15, 0.2) is 0 Å². The summed E-state index contributed by atoms with van der Waals surface area (Å²) in [5.41, 5.74) is 3.27. The normalized spacial score (nSPS) is 14.4. The Labute approximate surface area is 167 Å². The fraction of sp³-hybridized carbons (Fsp3) is 0.200. The number of rotatable bonds is 3. The van der Waals surface area contributed by atoms with Gasteiger partial charge in [0.05, 0.1) is 5.69 Å². The predicted octanol–water partition coefficient (Wildman–Crippen LogP) is 4.35. The number of benzene rings is 2. The highest BCUT2D eigenvalue weighted by Gasteiger charge is 2.23. The third-order valence-electron chi connectivity index (χ3n) is 4.71. The first-order valence-corrected chi connectivity index (χ1v) is 9.47. The summed E-state index contributed by atoms with van der Waals surface area (Å²) in [7, 11) is 0. The molecule has 1 amide bonds. The molecule has 0 saturated carbocycles. The van der Waals surface area contributed by atoms with E-state index < -0.39 is 0 Å². The highest BCUT2D eigenvalue weighted by molar-refractivity contribution is 6.30. The molecule has 2 aromatic carbocycles. The van der Waals surface area contributed by atoms with E-state index in [9.17, 15) is 4.79 Å². The summed E-state index contributed by atoms with van der Waals surface area (Å²) in [6.45, 7) is 2.89. The summed E-state index contributed by atoms with van der Waals surface area (Å²) in [6.07, 6.45) is 0. The molecule has 4 rings (SSSR count). The first-order valence-electron chi connectivity index (χ1n) is 8.71. The Balaban J connectivity index is 1.41. The number of amides is 1. The third kappa shape index (κ3) is 3.94. The maximum Gasteiger partial charge on any atom is 0.272 e. The second-order valence-corrected chi connectivity index (χ2v) is 7.30. The second-order valence-electron chi connectivity index (χ2n) is 6.43. The fourth-order valence-electron chi connectivity index (χ4n) is 3.19. The quantitative estimate of drug-likeness (QED) is 0.710. The topological polar surface area (TPSA) is 52.2 Å². The molecule has 138 valence electrons. The van der Waals surface area contributed by atoms with Crippen LogP contribution in [0.4, 0.5) is 5.69 Å². The zero-order valence-corrected chi connectivity index (χ0v) is 16.0. The number of carbonyl (C=O) groups is 1. The van der Waals surface area contributed by atoms with Crippen LogP contribution in [-0.4, -0.2) is 47.2 Å². The Hall–Kier alpha value is -2.50. The number of nitrogens with one attached hydrogen (secondary N) is 1. The van der Waals surface area contributed by atoms with Gasteiger partial charge in [0.2, 0.25) is 0 Å². The number of hydrogen-bond donors (Lipinski definition) is 1. The molecule has 1 aromatic heterocycles. The van der Waals surface area contributed by atoms with Crippen molar-refractivity contribution >= 4 is 34.8 Å². The SMILES string of the molecule is O=C(c1cc(-c2ccc(Cl)cc2)n[nH]1)N1CCN(c2ccc(Cl)cc2)CC1. The van der Waals surface area contributed by atoms with Gasteiger partial charge in [-0.1, -0.05) is 35.3 Å². The lowest BCUT2D eigenvalue weighted by Crippen LogP contribution is -2.48. The van der Waals surface area contributed by atoms with Gasteiger partial charge in [-0.2, -0.15) is 5.10 Å². The van der Waals surface area contributed by atoms with Gasteiger partial charge in [-0.25, -0.2) is 0 Å². The molecule has 0 radical (unpaired) electrons. The molecule has 27 heavy (non-hydrogen) atoms. The maximum atomic E-state index is 12.8. The fourth-order valence-corrected chi connectivity index (χ4v) is 3.44. The number of aromatic amines is 1. The number of nitrogens with zero attached hydrogens (tertiary/aromatic N) is 3. The minimum absolute atomic E-state index is 0.0292. The maximum absolute atomic E-state index is 12.8. The van der Waals surface area contributed by atoms with Gasteiger partial charge in [-0.05, 0) is 42.5 Å². The lowest BCUT2D eigenvalue weighted by atomic mass is 10.1. The molecule has 1 saturated heterocycles. The van der Waals surface area contributed by atoms with Gasteiger partial charge < -0.3 is 9.80 Å². The van der Waals surface area contributed by atoms with Crippen molar-refractivity contribution in [3.05, 3.63) is 70.3 Å². The second kappa shape index (κ2) is 7.62. The number of hydrogen-bond acceptors (Lipinski definition) is 3. The van der Waals surface area contributed by atoms with Gasteiger partial charge in [0.1, 0.15) is 5.69 Å². The number of H-pyrrole nitrogens is 1. The van der Waals surface area contributed by atoms with Crippen molar-refractivity contribution in [3.63, 3.8) is 0 Å². The van der Waals surface area contributed by atoms with Crippen molar-refractivity contribution in [1.82, 2.24) is 15.1 Å². The highest BCUT2D eigenvalue weighted by atomic mass is 35.5. The van der Waals surface area contributed by atoms with E-state index in [0.29, 0.717) is 23.8 Å². The third-order valence-corrected chi connectivity index (χ3v) is 5.21. The molecule has 7 heteroatoms. The zero-order valence-electron chi connectivity index (χ0n) is 14.5. The van der Waals surface area contributed by atoms with Crippen LogP contribution in [0.5, 0.6) is 0 Å². The van der Waals surface area contributed by atoms with Gasteiger partial charge in [-0.15, -0.1) is 0 Å². The first kappa shape index (κ1) is 17.9. The molecule has 0 atom stereocenters. The van der Waals surface area contributed by atoms with Crippen LogP contribution in [0.3, 0.4) is 0 Å². The van der Waals surface area contributed by atoms with Gasteiger partial charge >= 0.3 is 0 Å². The van der Waals surface area contributed by atoms with Crippen molar-refractivity contribution in [3.8, 4) is 11.3 Å². The summed E-state index contributed by atoms with van der Waals surface area (Å²) in [5, 5.41) is 8.52. The van der Waals surface area contributed by atoms with Gasteiger partial charge in [-0.3, -0.25) is 9.89 Å². The van der Waals surface area contributed by atoms with Crippen molar-refractivity contribution < 1.29 is 4.79 Å². The molecule has 2 heterocycles. The standard InChI is InChI=1S/C20H18Cl2N4O/c21-15-3-1-14(2-4-15)18-13-19(24-23-18)20(27)26-11-9-25(10-12-26)17-7-5-16(22)6-8-17/h1-8,13H,9-12H2,(H,23,24). The van der Waals surface area contributed by atoms with Crippen LogP contribution in [0, 0.1) is 0 Å². The lowest BCUT2D eigenvalue weighted by Gasteiger charge is -2.35. The van der Waals surface area contributed by atoms with Gasteiger partial charge in [0.25, 0.3) is 5.91 Å². The van der Waals surface area contributed by atoms with E-state index in [1.54, 1.807) is 6.07 Å². The molecule has 0 aliphatic carbocycles. The summed E-state index contributed by atoms with van der Waals surface area (Å²) >= 11 is 11.9. The van der Waals surface area contributed by atoms with Crippen LogP contribution in [0.1, 0.15) is 10.5 Å². The molecule has 0 bridgehead atoms. The number of aromatic nitrogens is 2. The minimum atomic E-state index is -0.0292. The summed E-state index contributed by atoms with van der Waals surface area (Å²) in [4.78, 5) is 16.9. The number of carbonyl (C=O) groups excluding carboxylic acids is 1. The average molecular weight is 401 g/mol. The molecule has 0 unspecified atom stereocenters. The number of anilines is 1. The molecule has 0 spiro atoms. The van der Waals surface area contributed by atoms with Crippen molar-refractivity contribution in [2.75, 3.05) is 31.1 Å². The number of piperazine rings is 1. The van der Waals surface area contributed by atoms with E-state index in [2.05, 4.69) is 15.1 Å². The van der Waals surface area contributed by atoms with Gasteiger partial charge in [0, 0.05) is 47.5 Å². The van der Waals surface area contributed by atoms with Crippen LogP contribution < -0.4 is 4.90 Å². The zero-order chi connectivity index (χ0) is 18.8. The van der Waals surface area contributed by atoms with E-state index >= 15 is 0 Å². The summed E-state index contributed by atoms with van der Waals surface area (Å²) in [5.74, 6) is -0.0292. The van der Waals surface area contributed by atoms with Crippen LogP contribution in [-0.2, 0) is 0 Å². The minimum Gasteiger partial charge on any atom is -0.368 e. The van der Waals surface area contributed by atoms with E-state index in [1.165, 1.54) is 0 Å². The van der Waals surface area contributed by atoms with Crippen LogP contribution in [0.15, 0.2) is 54.6 Å². The molecule has 1 aliphatic rings. The molecule has 5 nitrogen and oxygen atoms in total. The Morgan fingerprint density at radius 3 is 2.11 bits per heavy atom. The Morgan fingerprint density at radius 1 is 0.889 bits per heavy atom. The summed E-state index contributed by atoms with van der Waals surface area (Å²) in [6, 6.07) is 17.0. The van der Waals surface area contributed by atoms with Crippen LogP contribution in [0.25, 0.3) is 11.3 Å². The first-order chi connectivity index (χ1) is 13.1. The molecule has 1 aliphatic heterocycles. The highest BCUT2D eigenvalue weighted by Crippen LogP contribution is 2.22. The largest absolute Gasteiger partial charge is 0.368 e.